The van der Waals surface area contributed by atoms with Crippen LogP contribution in [0.25, 0.3) is 0 Å². The van der Waals surface area contributed by atoms with Gasteiger partial charge in [0, 0.05) is 13.2 Å². The number of aromatic nitrogens is 2. The monoisotopic (exact) mass is 293 g/mol. The van der Waals surface area contributed by atoms with Crippen LogP contribution in [0.5, 0.6) is 0 Å². The summed E-state index contributed by atoms with van der Waals surface area (Å²) in [5, 5.41) is 11.4. The molecule has 114 valence electrons. The van der Waals surface area contributed by atoms with Crippen molar-refractivity contribution in [1.29, 1.82) is 0 Å². The maximum absolute atomic E-state index is 11.8. The third kappa shape index (κ3) is 4.78. The molecule has 7 heteroatoms. The van der Waals surface area contributed by atoms with Crippen LogP contribution in [0, 0.1) is 0 Å². The number of rotatable bonds is 6. The summed E-state index contributed by atoms with van der Waals surface area (Å²) >= 11 is 0. The zero-order chi connectivity index (χ0) is 15.1. The van der Waals surface area contributed by atoms with Gasteiger partial charge in [0.1, 0.15) is 5.69 Å². The molecule has 0 aromatic carbocycles. The van der Waals surface area contributed by atoms with Crippen LogP contribution in [0.2, 0.25) is 0 Å². The molecule has 2 heterocycles. The van der Waals surface area contributed by atoms with Crippen molar-refractivity contribution in [3.63, 3.8) is 0 Å². The van der Waals surface area contributed by atoms with Gasteiger partial charge < -0.3 is 15.2 Å². The smallest absolute Gasteiger partial charge is 0.356 e. The normalized spacial score (nSPS) is 18.2. The summed E-state index contributed by atoms with van der Waals surface area (Å²) in [4.78, 5) is 29.9. The first-order valence-electron chi connectivity index (χ1n) is 7.12. The highest BCUT2D eigenvalue weighted by atomic mass is 16.5. The van der Waals surface area contributed by atoms with Gasteiger partial charge in [0.2, 0.25) is 0 Å². The van der Waals surface area contributed by atoms with Gasteiger partial charge in [-0.05, 0) is 32.1 Å². The van der Waals surface area contributed by atoms with Gasteiger partial charge >= 0.3 is 5.97 Å². The third-order valence-corrected chi connectivity index (χ3v) is 3.37. The Kier molecular flexibility index (Phi) is 5.62. The molecule has 0 radical (unpaired) electrons. The van der Waals surface area contributed by atoms with E-state index in [1.165, 1.54) is 12.6 Å². The van der Waals surface area contributed by atoms with E-state index in [1.54, 1.807) is 0 Å². The fraction of sp³-hybridized carbons (Fsp3) is 0.571. The summed E-state index contributed by atoms with van der Waals surface area (Å²) in [6.45, 7) is 1.38. The molecule has 2 rings (SSSR count). The summed E-state index contributed by atoms with van der Waals surface area (Å²) < 4.78 is 5.61. The van der Waals surface area contributed by atoms with Gasteiger partial charge in [0.15, 0.2) is 5.69 Å². The summed E-state index contributed by atoms with van der Waals surface area (Å²) in [6.07, 6.45) is 7.78. The van der Waals surface area contributed by atoms with E-state index in [-0.39, 0.29) is 17.3 Å². The number of carbonyl (C=O) groups is 2. The van der Waals surface area contributed by atoms with Crippen LogP contribution in [0.4, 0.5) is 0 Å². The van der Waals surface area contributed by atoms with Crippen molar-refractivity contribution in [1.82, 2.24) is 15.3 Å². The lowest BCUT2D eigenvalue weighted by molar-refractivity contribution is 0.0102. The van der Waals surface area contributed by atoms with E-state index >= 15 is 0 Å². The number of aromatic carboxylic acids is 1. The Hall–Kier alpha value is -2.02. The third-order valence-electron chi connectivity index (χ3n) is 3.37. The van der Waals surface area contributed by atoms with Crippen LogP contribution in [0.1, 0.15) is 53.1 Å². The summed E-state index contributed by atoms with van der Waals surface area (Å²) in [7, 11) is 0. The average molecular weight is 293 g/mol. The van der Waals surface area contributed by atoms with Gasteiger partial charge in [-0.2, -0.15) is 0 Å². The van der Waals surface area contributed by atoms with Crippen LogP contribution in [-0.2, 0) is 4.74 Å². The molecule has 1 unspecified atom stereocenters. The largest absolute Gasteiger partial charge is 0.476 e. The number of nitrogens with one attached hydrogen (secondary N) is 1. The SMILES string of the molecule is O=C(O)c1cnc(C(=O)NCCCC2CCCCO2)cn1. The second kappa shape index (κ2) is 7.68. The molecule has 2 N–H and O–H groups in total. The van der Waals surface area contributed by atoms with E-state index in [0.717, 1.165) is 38.5 Å². The van der Waals surface area contributed by atoms with Crippen LogP contribution in [0.15, 0.2) is 12.4 Å². The molecule has 1 aliphatic heterocycles. The molecule has 0 aliphatic carbocycles. The minimum Gasteiger partial charge on any atom is -0.476 e. The minimum atomic E-state index is -1.16. The molecule has 1 aromatic heterocycles. The number of amides is 1. The van der Waals surface area contributed by atoms with Crippen molar-refractivity contribution in [2.45, 2.75) is 38.2 Å². The predicted octanol–water partition coefficient (Wildman–Crippen LogP) is 1.25. The second-order valence-electron chi connectivity index (χ2n) is 4.98. The number of carboxylic acids is 1. The van der Waals surface area contributed by atoms with Crippen molar-refractivity contribution >= 4 is 11.9 Å². The molecule has 0 bridgehead atoms. The van der Waals surface area contributed by atoms with E-state index in [1.807, 2.05) is 0 Å². The standard InChI is InChI=1S/C14H19N3O4/c18-13(11-8-17-12(9-16-11)14(19)20)15-6-3-5-10-4-1-2-7-21-10/h8-10H,1-7H2,(H,15,18)(H,19,20). The first kappa shape index (κ1) is 15.4. The Labute approximate surface area is 122 Å². The lowest BCUT2D eigenvalue weighted by Crippen LogP contribution is -2.27. The molecule has 1 amide bonds. The molecule has 1 aromatic rings. The Balaban J connectivity index is 1.70. The first-order valence-corrected chi connectivity index (χ1v) is 7.12. The maximum Gasteiger partial charge on any atom is 0.356 e. The Morgan fingerprint density at radius 1 is 1.29 bits per heavy atom. The van der Waals surface area contributed by atoms with E-state index in [4.69, 9.17) is 9.84 Å². The highest BCUT2D eigenvalue weighted by Crippen LogP contribution is 2.16. The van der Waals surface area contributed by atoms with Gasteiger partial charge in [-0.1, -0.05) is 0 Å². The zero-order valence-corrected chi connectivity index (χ0v) is 11.7. The van der Waals surface area contributed by atoms with Crippen LogP contribution in [0.3, 0.4) is 0 Å². The molecule has 1 aliphatic rings. The molecule has 0 spiro atoms. The van der Waals surface area contributed by atoms with Gasteiger partial charge in [-0.15, -0.1) is 0 Å². The van der Waals surface area contributed by atoms with Crippen molar-refractivity contribution in [2.24, 2.45) is 0 Å². The molecule has 1 atom stereocenters. The molecule has 0 saturated carbocycles. The van der Waals surface area contributed by atoms with E-state index in [2.05, 4.69) is 15.3 Å². The maximum atomic E-state index is 11.8. The first-order chi connectivity index (χ1) is 10.2. The second-order valence-corrected chi connectivity index (χ2v) is 4.98. The van der Waals surface area contributed by atoms with Crippen LogP contribution < -0.4 is 5.32 Å². The quantitative estimate of drug-likeness (QED) is 0.765. The topological polar surface area (TPSA) is 101 Å². The molecular weight excluding hydrogens is 274 g/mol. The minimum absolute atomic E-state index is 0.119. The van der Waals surface area contributed by atoms with Gasteiger partial charge in [-0.25, -0.2) is 14.8 Å². The molecular formula is C14H19N3O4. The number of hydrogen-bond acceptors (Lipinski definition) is 5. The summed E-state index contributed by atoms with van der Waals surface area (Å²) in [6, 6.07) is 0. The molecule has 1 saturated heterocycles. The Morgan fingerprint density at radius 2 is 2.05 bits per heavy atom. The summed E-state index contributed by atoms with van der Waals surface area (Å²) in [5.41, 5.74) is -0.0603. The van der Waals surface area contributed by atoms with Crippen LogP contribution in [-0.4, -0.2) is 46.2 Å². The number of carboxylic acid groups (broad SMARTS) is 1. The van der Waals surface area contributed by atoms with E-state index in [9.17, 15) is 9.59 Å². The highest BCUT2D eigenvalue weighted by Gasteiger charge is 2.14. The van der Waals surface area contributed by atoms with E-state index in [0.29, 0.717) is 12.6 Å². The lowest BCUT2D eigenvalue weighted by atomic mass is 10.0. The number of ether oxygens (including phenoxy) is 1. The zero-order valence-electron chi connectivity index (χ0n) is 11.7. The number of nitrogens with zero attached hydrogens (tertiary/aromatic N) is 2. The van der Waals surface area contributed by atoms with Crippen molar-refractivity contribution in [2.75, 3.05) is 13.2 Å². The predicted molar refractivity (Wildman–Crippen MR) is 74.1 cm³/mol. The Morgan fingerprint density at radius 3 is 2.67 bits per heavy atom. The van der Waals surface area contributed by atoms with Gasteiger partial charge in [-0.3, -0.25) is 4.79 Å². The lowest BCUT2D eigenvalue weighted by Gasteiger charge is -2.22. The number of carbonyl (C=O) groups excluding carboxylic acids is 1. The molecule has 7 nitrogen and oxygen atoms in total. The van der Waals surface area contributed by atoms with Crippen molar-refractivity contribution in [3.8, 4) is 0 Å². The molecule has 21 heavy (non-hydrogen) atoms. The van der Waals surface area contributed by atoms with Gasteiger partial charge in [0.25, 0.3) is 5.91 Å². The average Bonchev–Trinajstić information content (AvgIpc) is 2.52. The van der Waals surface area contributed by atoms with Crippen molar-refractivity contribution < 1.29 is 19.4 Å². The van der Waals surface area contributed by atoms with Crippen LogP contribution >= 0.6 is 0 Å². The van der Waals surface area contributed by atoms with Gasteiger partial charge in [0.05, 0.1) is 18.5 Å². The highest BCUT2D eigenvalue weighted by molar-refractivity contribution is 5.92. The fourth-order valence-electron chi connectivity index (χ4n) is 2.21. The van der Waals surface area contributed by atoms with E-state index < -0.39 is 5.97 Å². The molecule has 1 fully saturated rings. The van der Waals surface area contributed by atoms with Crippen molar-refractivity contribution in [3.05, 3.63) is 23.8 Å². The summed E-state index contributed by atoms with van der Waals surface area (Å²) in [5.74, 6) is -1.51. The Bertz CT molecular complexity index is 483. The fourth-order valence-corrected chi connectivity index (χ4v) is 2.21. The number of hydrogen-bond donors (Lipinski definition) is 2.